The normalized spacial score (nSPS) is 10.4. The maximum absolute atomic E-state index is 12.2. The monoisotopic (exact) mass is 284 g/mol. The van der Waals surface area contributed by atoms with Gasteiger partial charge >= 0.3 is 0 Å². The molecule has 100 valence electrons. The largest absolute Gasteiger partial charge is 0.324 e. The van der Waals surface area contributed by atoms with E-state index in [1.54, 1.807) is 11.6 Å². The number of benzene rings is 1. The minimum atomic E-state index is -0.185. The van der Waals surface area contributed by atoms with Crippen LogP contribution in [0.1, 0.15) is 15.9 Å². The second-order valence-corrected chi connectivity index (χ2v) is 5.12. The van der Waals surface area contributed by atoms with Crippen molar-refractivity contribution in [3.63, 3.8) is 0 Å². The molecule has 3 aromatic rings. The van der Waals surface area contributed by atoms with E-state index >= 15 is 0 Å². The summed E-state index contributed by atoms with van der Waals surface area (Å²) in [5, 5.41) is 10.7. The minimum absolute atomic E-state index is 0.185. The van der Waals surface area contributed by atoms with Crippen LogP contribution in [0.25, 0.3) is 5.69 Å². The van der Waals surface area contributed by atoms with E-state index in [9.17, 15) is 4.79 Å². The summed E-state index contributed by atoms with van der Waals surface area (Å²) in [7, 11) is 0. The number of nitrogens with one attached hydrogen (secondary N) is 1. The first-order valence-electron chi connectivity index (χ1n) is 6.05. The number of carbonyl (C=O) groups excluding carboxylic acids is 1. The number of rotatable bonds is 3. The Labute approximate surface area is 119 Å². The van der Waals surface area contributed by atoms with Crippen LogP contribution in [0.3, 0.4) is 0 Å². The molecule has 0 fully saturated rings. The SMILES string of the molecule is Cc1ccc(C(=O)Nc2nncs2)cc1-n1cccc1. The third-order valence-corrected chi connectivity index (χ3v) is 3.54. The number of aromatic nitrogens is 3. The summed E-state index contributed by atoms with van der Waals surface area (Å²) in [6, 6.07) is 9.51. The summed E-state index contributed by atoms with van der Waals surface area (Å²) in [5.74, 6) is -0.185. The van der Waals surface area contributed by atoms with Gasteiger partial charge in [0.2, 0.25) is 5.13 Å². The average Bonchev–Trinajstić information content (AvgIpc) is 3.11. The molecule has 2 aromatic heterocycles. The van der Waals surface area contributed by atoms with E-state index in [-0.39, 0.29) is 5.91 Å². The lowest BCUT2D eigenvalue weighted by molar-refractivity contribution is 0.102. The zero-order chi connectivity index (χ0) is 13.9. The summed E-state index contributed by atoms with van der Waals surface area (Å²) >= 11 is 1.29. The van der Waals surface area contributed by atoms with E-state index in [2.05, 4.69) is 15.5 Å². The Morgan fingerprint density at radius 1 is 1.30 bits per heavy atom. The quantitative estimate of drug-likeness (QED) is 0.804. The lowest BCUT2D eigenvalue weighted by Gasteiger charge is -2.09. The lowest BCUT2D eigenvalue weighted by atomic mass is 10.1. The summed E-state index contributed by atoms with van der Waals surface area (Å²) in [6.45, 7) is 2.02. The average molecular weight is 284 g/mol. The standard InChI is InChI=1S/C14H12N4OS/c1-10-4-5-11(8-12(10)18-6-2-3-7-18)13(19)16-14-17-15-9-20-14/h2-9H,1H3,(H,16,17,19). The molecule has 3 rings (SSSR count). The van der Waals surface area contributed by atoms with Crippen LogP contribution < -0.4 is 5.32 Å². The smallest absolute Gasteiger partial charge is 0.257 e. The number of aryl methyl sites for hydroxylation is 1. The molecule has 0 saturated heterocycles. The molecule has 0 saturated carbocycles. The summed E-state index contributed by atoms with van der Waals surface area (Å²) in [5.41, 5.74) is 4.26. The third-order valence-electron chi connectivity index (χ3n) is 2.93. The Balaban J connectivity index is 1.91. The first-order valence-corrected chi connectivity index (χ1v) is 6.93. The van der Waals surface area contributed by atoms with E-state index < -0.39 is 0 Å². The van der Waals surface area contributed by atoms with Gasteiger partial charge in [0.1, 0.15) is 5.51 Å². The molecule has 1 aromatic carbocycles. The van der Waals surface area contributed by atoms with Crippen molar-refractivity contribution in [2.45, 2.75) is 6.92 Å². The van der Waals surface area contributed by atoms with Gasteiger partial charge in [-0.3, -0.25) is 10.1 Å². The zero-order valence-corrected chi connectivity index (χ0v) is 11.6. The van der Waals surface area contributed by atoms with Gasteiger partial charge < -0.3 is 4.57 Å². The van der Waals surface area contributed by atoms with Gasteiger partial charge in [-0.2, -0.15) is 0 Å². The van der Waals surface area contributed by atoms with Crippen LogP contribution in [0.15, 0.2) is 48.2 Å². The first-order chi connectivity index (χ1) is 9.74. The van der Waals surface area contributed by atoms with Crippen molar-refractivity contribution < 1.29 is 4.79 Å². The molecule has 6 heteroatoms. The maximum atomic E-state index is 12.2. The molecule has 1 amide bonds. The fourth-order valence-electron chi connectivity index (χ4n) is 1.92. The van der Waals surface area contributed by atoms with Crippen LogP contribution in [0.4, 0.5) is 5.13 Å². The lowest BCUT2D eigenvalue weighted by Crippen LogP contribution is -2.12. The predicted molar refractivity (Wildman–Crippen MR) is 78.4 cm³/mol. The highest BCUT2D eigenvalue weighted by atomic mass is 32.1. The first kappa shape index (κ1) is 12.6. The van der Waals surface area contributed by atoms with Crippen molar-refractivity contribution in [3.05, 3.63) is 59.4 Å². The second kappa shape index (κ2) is 5.26. The highest BCUT2D eigenvalue weighted by Crippen LogP contribution is 2.18. The van der Waals surface area contributed by atoms with Crippen LogP contribution in [0.5, 0.6) is 0 Å². The highest BCUT2D eigenvalue weighted by Gasteiger charge is 2.10. The van der Waals surface area contributed by atoms with Gasteiger partial charge in [-0.25, -0.2) is 0 Å². The van der Waals surface area contributed by atoms with Gasteiger partial charge in [-0.1, -0.05) is 17.4 Å². The molecular formula is C14H12N4OS. The van der Waals surface area contributed by atoms with Crippen LogP contribution in [0, 0.1) is 6.92 Å². The van der Waals surface area contributed by atoms with E-state index in [0.29, 0.717) is 10.7 Å². The molecule has 20 heavy (non-hydrogen) atoms. The van der Waals surface area contributed by atoms with Crippen LogP contribution in [0.2, 0.25) is 0 Å². The Bertz CT molecular complexity index is 720. The minimum Gasteiger partial charge on any atom is -0.324 e. The molecule has 5 nitrogen and oxygen atoms in total. The van der Waals surface area contributed by atoms with Crippen molar-refractivity contribution in [2.75, 3.05) is 5.32 Å². The number of carbonyl (C=O) groups is 1. The molecule has 0 spiro atoms. The van der Waals surface area contributed by atoms with Crippen molar-refractivity contribution in [1.29, 1.82) is 0 Å². The Morgan fingerprint density at radius 2 is 2.10 bits per heavy atom. The molecule has 0 aliphatic carbocycles. The van der Waals surface area contributed by atoms with Crippen molar-refractivity contribution in [2.24, 2.45) is 0 Å². The van der Waals surface area contributed by atoms with Gasteiger partial charge in [-0.05, 0) is 36.8 Å². The van der Waals surface area contributed by atoms with Gasteiger partial charge in [0, 0.05) is 23.6 Å². The molecule has 0 bridgehead atoms. The number of hydrogen-bond acceptors (Lipinski definition) is 4. The predicted octanol–water partition coefficient (Wildman–Crippen LogP) is 2.89. The van der Waals surface area contributed by atoms with E-state index in [1.165, 1.54) is 11.3 Å². The molecule has 0 unspecified atom stereocenters. The van der Waals surface area contributed by atoms with Crippen LogP contribution in [-0.4, -0.2) is 20.7 Å². The van der Waals surface area contributed by atoms with Gasteiger partial charge in [0.25, 0.3) is 5.91 Å². The molecule has 0 aliphatic rings. The molecule has 1 N–H and O–H groups in total. The molecule has 0 radical (unpaired) electrons. The fourth-order valence-corrected chi connectivity index (χ4v) is 2.36. The molecular weight excluding hydrogens is 272 g/mol. The van der Waals surface area contributed by atoms with Crippen molar-refractivity contribution >= 4 is 22.4 Å². The fraction of sp³-hybridized carbons (Fsp3) is 0.0714. The van der Waals surface area contributed by atoms with E-state index in [1.807, 2.05) is 48.1 Å². The Morgan fingerprint density at radius 3 is 2.80 bits per heavy atom. The van der Waals surface area contributed by atoms with Crippen molar-refractivity contribution in [3.8, 4) is 5.69 Å². The van der Waals surface area contributed by atoms with Crippen LogP contribution in [-0.2, 0) is 0 Å². The number of hydrogen-bond donors (Lipinski definition) is 1. The summed E-state index contributed by atoms with van der Waals surface area (Å²) < 4.78 is 1.98. The number of anilines is 1. The number of amides is 1. The van der Waals surface area contributed by atoms with Gasteiger partial charge in [-0.15, -0.1) is 10.2 Å². The zero-order valence-electron chi connectivity index (χ0n) is 10.8. The molecule has 0 aliphatic heterocycles. The Hall–Kier alpha value is -2.47. The van der Waals surface area contributed by atoms with E-state index in [0.717, 1.165) is 11.3 Å². The molecule has 2 heterocycles. The maximum Gasteiger partial charge on any atom is 0.257 e. The summed E-state index contributed by atoms with van der Waals surface area (Å²) in [4.78, 5) is 12.2. The second-order valence-electron chi connectivity index (χ2n) is 4.29. The third kappa shape index (κ3) is 2.46. The van der Waals surface area contributed by atoms with Crippen molar-refractivity contribution in [1.82, 2.24) is 14.8 Å². The Kier molecular flexibility index (Phi) is 3.30. The highest BCUT2D eigenvalue weighted by molar-refractivity contribution is 7.13. The topological polar surface area (TPSA) is 59.8 Å². The molecule has 0 atom stereocenters. The van der Waals surface area contributed by atoms with Crippen LogP contribution >= 0.6 is 11.3 Å². The van der Waals surface area contributed by atoms with Gasteiger partial charge in [0.05, 0.1) is 0 Å². The van der Waals surface area contributed by atoms with Gasteiger partial charge in [0.15, 0.2) is 0 Å². The number of nitrogens with zero attached hydrogens (tertiary/aromatic N) is 3. The van der Waals surface area contributed by atoms with E-state index in [4.69, 9.17) is 0 Å². The summed E-state index contributed by atoms with van der Waals surface area (Å²) in [6.07, 6.45) is 3.91.